The van der Waals surface area contributed by atoms with Crippen LogP contribution < -0.4 is 20.7 Å². The van der Waals surface area contributed by atoms with Gasteiger partial charge in [-0.3, -0.25) is 9.59 Å². The molecule has 0 heterocycles. The van der Waals surface area contributed by atoms with E-state index in [0.29, 0.717) is 40.2 Å². The molecule has 0 fully saturated rings. The monoisotopic (exact) mass is 389 g/mol. The lowest BCUT2D eigenvalue weighted by molar-refractivity contribution is -0.114. The van der Waals surface area contributed by atoms with Crippen molar-refractivity contribution in [3.8, 4) is 5.75 Å². The summed E-state index contributed by atoms with van der Waals surface area (Å²) in [5.41, 5.74) is 1.50. The molecule has 27 heavy (non-hydrogen) atoms. The fourth-order valence-electron chi connectivity index (χ4n) is 2.37. The van der Waals surface area contributed by atoms with Crippen LogP contribution >= 0.6 is 11.6 Å². The molecule has 0 radical (unpaired) electrons. The van der Waals surface area contributed by atoms with Crippen LogP contribution in [0.25, 0.3) is 0 Å². The van der Waals surface area contributed by atoms with Crippen molar-refractivity contribution in [3.05, 3.63) is 53.1 Å². The van der Waals surface area contributed by atoms with E-state index in [1.807, 2.05) is 13.8 Å². The van der Waals surface area contributed by atoms with Gasteiger partial charge in [0.1, 0.15) is 5.75 Å². The molecule has 2 amide bonds. The van der Waals surface area contributed by atoms with Gasteiger partial charge in [0, 0.05) is 11.6 Å². The van der Waals surface area contributed by atoms with Crippen LogP contribution in [0.1, 0.15) is 24.2 Å². The van der Waals surface area contributed by atoms with Crippen molar-refractivity contribution in [2.24, 2.45) is 5.92 Å². The average Bonchev–Trinajstić information content (AvgIpc) is 2.65. The van der Waals surface area contributed by atoms with Crippen LogP contribution in [0.15, 0.2) is 42.5 Å². The molecule has 3 N–H and O–H groups in total. The molecule has 0 saturated carbocycles. The molecule has 0 atom stereocenters. The second-order valence-corrected chi connectivity index (χ2v) is 6.83. The summed E-state index contributed by atoms with van der Waals surface area (Å²) in [6.07, 6.45) is 0. The van der Waals surface area contributed by atoms with Gasteiger partial charge in [-0.2, -0.15) is 0 Å². The van der Waals surface area contributed by atoms with E-state index in [4.69, 9.17) is 16.3 Å². The van der Waals surface area contributed by atoms with Gasteiger partial charge in [-0.15, -0.1) is 0 Å². The predicted molar refractivity (Wildman–Crippen MR) is 109 cm³/mol. The maximum absolute atomic E-state index is 12.3. The van der Waals surface area contributed by atoms with Crippen molar-refractivity contribution in [1.82, 2.24) is 5.32 Å². The molecule has 0 aliphatic rings. The quantitative estimate of drug-likeness (QED) is 0.641. The Morgan fingerprint density at radius 1 is 1.11 bits per heavy atom. The normalized spacial score (nSPS) is 10.4. The zero-order valence-electron chi connectivity index (χ0n) is 15.6. The van der Waals surface area contributed by atoms with Crippen LogP contribution in [0.3, 0.4) is 0 Å². The fraction of sp³-hybridized carbons (Fsp3) is 0.300. The topological polar surface area (TPSA) is 79.5 Å². The summed E-state index contributed by atoms with van der Waals surface area (Å²) in [5, 5.41) is 9.14. The van der Waals surface area contributed by atoms with E-state index in [9.17, 15) is 9.59 Å². The largest absolute Gasteiger partial charge is 0.495 e. The van der Waals surface area contributed by atoms with Crippen LogP contribution in [0.4, 0.5) is 11.4 Å². The van der Waals surface area contributed by atoms with E-state index in [2.05, 4.69) is 16.0 Å². The van der Waals surface area contributed by atoms with Crippen molar-refractivity contribution < 1.29 is 14.3 Å². The zero-order valence-corrected chi connectivity index (χ0v) is 16.4. The number of anilines is 2. The summed E-state index contributed by atoms with van der Waals surface area (Å²) in [7, 11) is 1.54. The number of methoxy groups -OCH3 is 1. The molecule has 0 aliphatic carbocycles. The van der Waals surface area contributed by atoms with Crippen molar-refractivity contribution in [2.45, 2.75) is 13.8 Å². The minimum Gasteiger partial charge on any atom is -0.495 e. The number of rotatable bonds is 8. The highest BCUT2D eigenvalue weighted by Gasteiger charge is 2.13. The predicted octanol–water partition coefficient (Wildman–Crippen LogP) is 3.79. The van der Waals surface area contributed by atoms with E-state index >= 15 is 0 Å². The molecule has 0 bridgehead atoms. The van der Waals surface area contributed by atoms with Crippen LogP contribution in [-0.2, 0) is 4.79 Å². The number of hydrogen-bond acceptors (Lipinski definition) is 4. The fourth-order valence-corrected chi connectivity index (χ4v) is 2.54. The number of hydrogen-bond donors (Lipinski definition) is 3. The first-order valence-electron chi connectivity index (χ1n) is 8.65. The van der Waals surface area contributed by atoms with Crippen molar-refractivity contribution in [2.75, 3.05) is 30.8 Å². The number of carbonyl (C=O) groups excluding carboxylic acids is 2. The summed E-state index contributed by atoms with van der Waals surface area (Å²) in [5.74, 6) is 0.415. The first-order chi connectivity index (χ1) is 12.9. The Balaban J connectivity index is 2.02. The highest BCUT2D eigenvalue weighted by atomic mass is 35.5. The van der Waals surface area contributed by atoms with Gasteiger partial charge in [0.2, 0.25) is 5.91 Å². The van der Waals surface area contributed by atoms with Crippen molar-refractivity contribution in [1.29, 1.82) is 0 Å². The van der Waals surface area contributed by atoms with Crippen LogP contribution in [-0.4, -0.2) is 32.0 Å². The first kappa shape index (κ1) is 20.6. The van der Waals surface area contributed by atoms with Gasteiger partial charge < -0.3 is 20.7 Å². The molecule has 6 nitrogen and oxygen atoms in total. The summed E-state index contributed by atoms with van der Waals surface area (Å²) in [6, 6.07) is 12.0. The van der Waals surface area contributed by atoms with Crippen LogP contribution in [0, 0.1) is 5.92 Å². The molecule has 2 aromatic carbocycles. The Morgan fingerprint density at radius 2 is 1.85 bits per heavy atom. The molecular formula is C20H24ClN3O3. The third kappa shape index (κ3) is 6.18. The molecule has 144 valence electrons. The highest BCUT2D eigenvalue weighted by Crippen LogP contribution is 2.27. The van der Waals surface area contributed by atoms with Gasteiger partial charge in [-0.25, -0.2) is 0 Å². The molecule has 0 aliphatic heterocycles. The molecular weight excluding hydrogens is 366 g/mol. The van der Waals surface area contributed by atoms with Gasteiger partial charge in [-0.1, -0.05) is 37.6 Å². The lowest BCUT2D eigenvalue weighted by Gasteiger charge is -2.14. The SMILES string of the molecule is COc1ccc(Cl)cc1NCC(=O)Nc1ccccc1C(=O)NCC(C)C. The number of benzene rings is 2. The number of carbonyl (C=O) groups is 2. The number of halogens is 1. The average molecular weight is 390 g/mol. The van der Waals surface area contributed by atoms with E-state index < -0.39 is 0 Å². The van der Waals surface area contributed by atoms with Gasteiger partial charge >= 0.3 is 0 Å². The van der Waals surface area contributed by atoms with Gasteiger partial charge in [0.05, 0.1) is 30.6 Å². The lowest BCUT2D eigenvalue weighted by Crippen LogP contribution is -2.29. The Hall–Kier alpha value is -2.73. The second kappa shape index (κ2) is 9.83. The van der Waals surface area contributed by atoms with Crippen LogP contribution in [0.2, 0.25) is 5.02 Å². The zero-order chi connectivity index (χ0) is 19.8. The lowest BCUT2D eigenvalue weighted by atomic mass is 10.1. The maximum atomic E-state index is 12.3. The van der Waals surface area contributed by atoms with Gasteiger partial charge in [0.25, 0.3) is 5.91 Å². The summed E-state index contributed by atoms with van der Waals surface area (Å²) in [4.78, 5) is 24.7. The van der Waals surface area contributed by atoms with Gasteiger partial charge in [-0.05, 0) is 36.2 Å². The highest BCUT2D eigenvalue weighted by molar-refractivity contribution is 6.31. The van der Waals surface area contributed by atoms with E-state index in [-0.39, 0.29) is 18.4 Å². The van der Waals surface area contributed by atoms with Gasteiger partial charge in [0.15, 0.2) is 0 Å². The number of para-hydroxylation sites is 1. The smallest absolute Gasteiger partial charge is 0.253 e. The number of amides is 2. The number of nitrogens with one attached hydrogen (secondary N) is 3. The Kier molecular flexibility index (Phi) is 7.49. The first-order valence-corrected chi connectivity index (χ1v) is 9.03. The molecule has 7 heteroatoms. The molecule has 0 aromatic heterocycles. The third-order valence-electron chi connectivity index (χ3n) is 3.72. The Labute approximate surface area is 164 Å². The molecule has 2 rings (SSSR count). The Morgan fingerprint density at radius 3 is 2.56 bits per heavy atom. The molecule has 0 spiro atoms. The van der Waals surface area contributed by atoms with Crippen molar-refractivity contribution >= 4 is 34.8 Å². The molecule has 0 unspecified atom stereocenters. The molecule has 2 aromatic rings. The van der Waals surface area contributed by atoms with Crippen LogP contribution in [0.5, 0.6) is 5.75 Å². The summed E-state index contributed by atoms with van der Waals surface area (Å²) in [6.45, 7) is 4.60. The van der Waals surface area contributed by atoms with E-state index in [1.165, 1.54) is 0 Å². The minimum atomic E-state index is -0.291. The summed E-state index contributed by atoms with van der Waals surface area (Å²) >= 11 is 5.99. The minimum absolute atomic E-state index is 0.00134. The standard InChI is InChI=1S/C20H24ClN3O3/c1-13(2)11-23-20(26)15-6-4-5-7-16(15)24-19(25)12-22-17-10-14(21)8-9-18(17)27-3/h4-10,13,22H,11-12H2,1-3H3,(H,23,26)(H,24,25). The third-order valence-corrected chi connectivity index (χ3v) is 3.95. The Bertz CT molecular complexity index is 809. The summed E-state index contributed by atoms with van der Waals surface area (Å²) < 4.78 is 5.24. The van der Waals surface area contributed by atoms with E-state index in [0.717, 1.165) is 0 Å². The van der Waals surface area contributed by atoms with E-state index in [1.54, 1.807) is 49.6 Å². The maximum Gasteiger partial charge on any atom is 0.253 e. The second-order valence-electron chi connectivity index (χ2n) is 6.40. The van der Waals surface area contributed by atoms with Crippen molar-refractivity contribution in [3.63, 3.8) is 0 Å². The number of ether oxygens (including phenoxy) is 1. The molecule has 0 saturated heterocycles.